The Bertz CT molecular complexity index is 402. The van der Waals surface area contributed by atoms with E-state index in [1.165, 1.54) is 44.1 Å². The van der Waals surface area contributed by atoms with Crippen molar-refractivity contribution < 1.29 is 4.74 Å². The lowest BCUT2D eigenvalue weighted by Gasteiger charge is -2.27. The van der Waals surface area contributed by atoms with Crippen LogP contribution in [-0.2, 0) is 0 Å². The largest absolute Gasteiger partial charge is 0.496 e. The quantitative estimate of drug-likeness (QED) is 0.848. The fourth-order valence-electron chi connectivity index (χ4n) is 3.08. The average Bonchev–Trinajstić information content (AvgIpc) is 2.46. The minimum atomic E-state index is 0.449. The van der Waals surface area contributed by atoms with E-state index in [-0.39, 0.29) is 0 Å². The van der Waals surface area contributed by atoms with Crippen LogP contribution in [0, 0.1) is 5.92 Å². The number of rotatable bonds is 5. The SMILES string of the molecule is CNC(CC1CCCCC1)c1ccc(OC)c(Br)c1. The molecule has 1 fully saturated rings. The normalized spacial score (nSPS) is 18.3. The van der Waals surface area contributed by atoms with Crippen LogP contribution in [0.15, 0.2) is 22.7 Å². The smallest absolute Gasteiger partial charge is 0.133 e. The van der Waals surface area contributed by atoms with E-state index in [2.05, 4.69) is 40.4 Å². The van der Waals surface area contributed by atoms with Gasteiger partial charge < -0.3 is 10.1 Å². The van der Waals surface area contributed by atoms with E-state index in [0.717, 1.165) is 16.1 Å². The maximum absolute atomic E-state index is 5.30. The Morgan fingerprint density at radius 1 is 1.32 bits per heavy atom. The first-order valence-electron chi connectivity index (χ1n) is 7.25. The Morgan fingerprint density at radius 3 is 2.63 bits per heavy atom. The van der Waals surface area contributed by atoms with E-state index < -0.39 is 0 Å². The van der Waals surface area contributed by atoms with Crippen molar-refractivity contribution in [2.45, 2.75) is 44.6 Å². The molecule has 0 aromatic heterocycles. The molecule has 0 aliphatic heterocycles. The molecule has 2 rings (SSSR count). The van der Waals surface area contributed by atoms with Crippen molar-refractivity contribution >= 4 is 15.9 Å². The summed E-state index contributed by atoms with van der Waals surface area (Å²) in [5, 5.41) is 3.47. The van der Waals surface area contributed by atoms with Crippen LogP contribution in [0.5, 0.6) is 5.75 Å². The summed E-state index contributed by atoms with van der Waals surface area (Å²) in [6.45, 7) is 0. The third kappa shape index (κ3) is 3.96. The first-order valence-corrected chi connectivity index (χ1v) is 8.04. The van der Waals surface area contributed by atoms with Gasteiger partial charge in [-0.15, -0.1) is 0 Å². The van der Waals surface area contributed by atoms with E-state index >= 15 is 0 Å². The molecule has 1 unspecified atom stereocenters. The van der Waals surface area contributed by atoms with E-state index in [1.807, 2.05) is 6.07 Å². The lowest BCUT2D eigenvalue weighted by Crippen LogP contribution is -2.21. The zero-order chi connectivity index (χ0) is 13.7. The highest BCUT2D eigenvalue weighted by atomic mass is 79.9. The van der Waals surface area contributed by atoms with Crippen molar-refractivity contribution in [1.29, 1.82) is 0 Å². The summed E-state index contributed by atoms with van der Waals surface area (Å²) in [5.41, 5.74) is 1.35. The maximum Gasteiger partial charge on any atom is 0.133 e. The van der Waals surface area contributed by atoms with Crippen LogP contribution in [0.1, 0.15) is 50.1 Å². The molecule has 1 N–H and O–H groups in total. The molecular formula is C16H24BrNO. The maximum atomic E-state index is 5.30. The van der Waals surface area contributed by atoms with Gasteiger partial charge in [0.15, 0.2) is 0 Å². The predicted octanol–water partition coefficient (Wildman–Crippen LogP) is 4.69. The molecule has 2 nitrogen and oxygen atoms in total. The highest BCUT2D eigenvalue weighted by Crippen LogP contribution is 2.34. The van der Waals surface area contributed by atoms with Crippen molar-refractivity contribution in [2.24, 2.45) is 5.92 Å². The van der Waals surface area contributed by atoms with Crippen LogP contribution >= 0.6 is 15.9 Å². The zero-order valence-electron chi connectivity index (χ0n) is 11.9. The van der Waals surface area contributed by atoms with Gasteiger partial charge in [-0.25, -0.2) is 0 Å². The van der Waals surface area contributed by atoms with Gasteiger partial charge in [-0.2, -0.15) is 0 Å². The molecule has 0 spiro atoms. The van der Waals surface area contributed by atoms with E-state index in [0.29, 0.717) is 6.04 Å². The second kappa shape index (κ2) is 7.30. The van der Waals surface area contributed by atoms with Gasteiger partial charge in [0, 0.05) is 6.04 Å². The zero-order valence-corrected chi connectivity index (χ0v) is 13.5. The molecule has 19 heavy (non-hydrogen) atoms. The molecule has 1 aromatic rings. The Hall–Kier alpha value is -0.540. The molecule has 1 saturated carbocycles. The first-order chi connectivity index (χ1) is 9.24. The summed E-state index contributed by atoms with van der Waals surface area (Å²) in [5.74, 6) is 1.78. The van der Waals surface area contributed by atoms with Gasteiger partial charge in [0.1, 0.15) is 5.75 Å². The summed E-state index contributed by atoms with van der Waals surface area (Å²) in [4.78, 5) is 0. The Kier molecular flexibility index (Phi) is 5.71. The Balaban J connectivity index is 2.05. The fourth-order valence-corrected chi connectivity index (χ4v) is 3.63. The molecule has 0 radical (unpaired) electrons. The lowest BCUT2D eigenvalue weighted by atomic mass is 9.83. The Labute approximate surface area is 125 Å². The van der Waals surface area contributed by atoms with E-state index in [4.69, 9.17) is 4.74 Å². The monoisotopic (exact) mass is 325 g/mol. The predicted molar refractivity (Wildman–Crippen MR) is 83.7 cm³/mol. The molecule has 0 bridgehead atoms. The van der Waals surface area contributed by atoms with Crippen LogP contribution in [-0.4, -0.2) is 14.2 Å². The van der Waals surface area contributed by atoms with Gasteiger partial charge in [0.2, 0.25) is 0 Å². The summed E-state index contributed by atoms with van der Waals surface area (Å²) in [6.07, 6.45) is 8.29. The first kappa shape index (κ1) is 14.9. The number of hydrogen-bond donors (Lipinski definition) is 1. The molecule has 1 atom stereocenters. The second-order valence-corrected chi connectivity index (χ2v) is 6.33. The van der Waals surface area contributed by atoms with E-state index in [9.17, 15) is 0 Å². The Morgan fingerprint density at radius 2 is 2.05 bits per heavy atom. The van der Waals surface area contributed by atoms with Gasteiger partial charge in [-0.05, 0) is 53.0 Å². The topological polar surface area (TPSA) is 21.3 Å². The van der Waals surface area contributed by atoms with Gasteiger partial charge in [-0.3, -0.25) is 0 Å². The molecule has 3 heteroatoms. The van der Waals surface area contributed by atoms with Gasteiger partial charge in [-0.1, -0.05) is 38.2 Å². The molecule has 1 aliphatic rings. The minimum absolute atomic E-state index is 0.449. The number of ether oxygens (including phenoxy) is 1. The molecule has 1 aromatic carbocycles. The van der Waals surface area contributed by atoms with Crippen molar-refractivity contribution in [2.75, 3.05) is 14.2 Å². The van der Waals surface area contributed by atoms with E-state index in [1.54, 1.807) is 7.11 Å². The average molecular weight is 326 g/mol. The van der Waals surface area contributed by atoms with Gasteiger partial charge >= 0.3 is 0 Å². The minimum Gasteiger partial charge on any atom is -0.496 e. The second-order valence-electron chi connectivity index (χ2n) is 5.47. The highest BCUT2D eigenvalue weighted by molar-refractivity contribution is 9.10. The van der Waals surface area contributed by atoms with Gasteiger partial charge in [0.05, 0.1) is 11.6 Å². The number of benzene rings is 1. The molecule has 0 heterocycles. The lowest BCUT2D eigenvalue weighted by molar-refractivity contribution is 0.305. The van der Waals surface area contributed by atoms with Gasteiger partial charge in [0.25, 0.3) is 0 Å². The molecule has 0 saturated heterocycles. The van der Waals surface area contributed by atoms with Crippen molar-refractivity contribution in [3.63, 3.8) is 0 Å². The van der Waals surface area contributed by atoms with Crippen LogP contribution in [0.3, 0.4) is 0 Å². The van der Waals surface area contributed by atoms with Crippen LogP contribution in [0.25, 0.3) is 0 Å². The summed E-state index contributed by atoms with van der Waals surface area (Å²) < 4.78 is 6.33. The van der Waals surface area contributed by atoms with Crippen molar-refractivity contribution in [1.82, 2.24) is 5.32 Å². The number of halogens is 1. The number of methoxy groups -OCH3 is 1. The summed E-state index contributed by atoms with van der Waals surface area (Å²) >= 11 is 3.58. The van der Waals surface area contributed by atoms with Crippen LogP contribution < -0.4 is 10.1 Å². The summed E-state index contributed by atoms with van der Waals surface area (Å²) in [7, 11) is 3.77. The van der Waals surface area contributed by atoms with Crippen molar-refractivity contribution in [3.8, 4) is 5.75 Å². The molecular weight excluding hydrogens is 302 g/mol. The third-order valence-electron chi connectivity index (χ3n) is 4.22. The molecule has 0 amide bonds. The third-order valence-corrected chi connectivity index (χ3v) is 4.84. The fraction of sp³-hybridized carbons (Fsp3) is 0.625. The highest BCUT2D eigenvalue weighted by Gasteiger charge is 2.19. The van der Waals surface area contributed by atoms with Crippen LogP contribution in [0.4, 0.5) is 0 Å². The number of nitrogens with one attached hydrogen (secondary N) is 1. The van der Waals surface area contributed by atoms with Crippen LogP contribution in [0.2, 0.25) is 0 Å². The standard InChI is InChI=1S/C16H24BrNO/c1-18-15(10-12-6-4-3-5-7-12)13-8-9-16(19-2)14(17)11-13/h8-9,11-12,15,18H,3-7,10H2,1-2H3. The molecule has 1 aliphatic carbocycles. The molecule has 106 valence electrons. The van der Waals surface area contributed by atoms with Crippen molar-refractivity contribution in [3.05, 3.63) is 28.2 Å². The number of hydrogen-bond acceptors (Lipinski definition) is 2. The summed E-state index contributed by atoms with van der Waals surface area (Å²) in [6, 6.07) is 6.85.